The van der Waals surface area contributed by atoms with E-state index >= 15 is 0 Å². The SMILES string of the molecule is N=C(N)c1c(F)cccc1SC1CCOCC1. The fraction of sp³-hybridized carbons (Fsp3) is 0.417. The van der Waals surface area contributed by atoms with E-state index in [0.29, 0.717) is 5.25 Å². The van der Waals surface area contributed by atoms with Crippen molar-refractivity contribution in [2.75, 3.05) is 13.2 Å². The maximum absolute atomic E-state index is 13.6. The molecule has 3 N–H and O–H groups in total. The smallest absolute Gasteiger partial charge is 0.135 e. The third-order valence-electron chi connectivity index (χ3n) is 2.71. The van der Waals surface area contributed by atoms with E-state index in [1.165, 1.54) is 6.07 Å². The lowest BCUT2D eigenvalue weighted by Gasteiger charge is -2.22. The van der Waals surface area contributed by atoms with E-state index in [1.54, 1.807) is 17.8 Å². The molecule has 1 aromatic carbocycles. The molecule has 0 amide bonds. The Labute approximate surface area is 104 Å². The molecule has 0 atom stereocenters. The molecule has 0 aliphatic carbocycles. The zero-order valence-electron chi connectivity index (χ0n) is 9.41. The van der Waals surface area contributed by atoms with Crippen molar-refractivity contribution in [3.63, 3.8) is 0 Å². The van der Waals surface area contributed by atoms with E-state index < -0.39 is 5.82 Å². The topological polar surface area (TPSA) is 59.1 Å². The third-order valence-corrected chi connectivity index (χ3v) is 4.11. The third kappa shape index (κ3) is 2.98. The predicted molar refractivity (Wildman–Crippen MR) is 67.1 cm³/mol. The van der Waals surface area contributed by atoms with Gasteiger partial charge in [-0.05, 0) is 25.0 Å². The standard InChI is InChI=1S/C12H15FN2OS/c13-9-2-1-3-10(11(9)12(14)15)17-8-4-6-16-7-5-8/h1-3,8H,4-7H2,(H3,14,15). The van der Waals surface area contributed by atoms with Crippen molar-refractivity contribution in [3.05, 3.63) is 29.6 Å². The van der Waals surface area contributed by atoms with Gasteiger partial charge < -0.3 is 10.5 Å². The highest BCUT2D eigenvalue weighted by atomic mass is 32.2. The summed E-state index contributed by atoms with van der Waals surface area (Å²) in [7, 11) is 0. The Morgan fingerprint density at radius 2 is 2.12 bits per heavy atom. The average molecular weight is 254 g/mol. The van der Waals surface area contributed by atoms with E-state index in [9.17, 15) is 4.39 Å². The first-order valence-electron chi connectivity index (χ1n) is 5.56. The summed E-state index contributed by atoms with van der Waals surface area (Å²) in [6, 6.07) is 4.81. The molecule has 17 heavy (non-hydrogen) atoms. The Bertz CT molecular complexity index is 419. The zero-order chi connectivity index (χ0) is 12.3. The molecule has 0 aromatic heterocycles. The van der Waals surface area contributed by atoms with Gasteiger partial charge in [0.15, 0.2) is 0 Å². The summed E-state index contributed by atoms with van der Waals surface area (Å²) in [5, 5.41) is 7.85. The summed E-state index contributed by atoms with van der Waals surface area (Å²) < 4.78 is 18.9. The lowest BCUT2D eigenvalue weighted by molar-refractivity contribution is 0.100. The van der Waals surface area contributed by atoms with Crippen LogP contribution in [0.4, 0.5) is 4.39 Å². The van der Waals surface area contributed by atoms with Gasteiger partial charge in [-0.2, -0.15) is 0 Å². The van der Waals surface area contributed by atoms with Crippen molar-refractivity contribution in [3.8, 4) is 0 Å². The number of hydrogen-bond acceptors (Lipinski definition) is 3. The van der Waals surface area contributed by atoms with Crippen molar-refractivity contribution in [2.24, 2.45) is 5.73 Å². The van der Waals surface area contributed by atoms with Gasteiger partial charge in [0.2, 0.25) is 0 Å². The minimum Gasteiger partial charge on any atom is -0.384 e. The Balaban J connectivity index is 2.19. The fourth-order valence-electron chi connectivity index (χ4n) is 1.84. The molecule has 1 aromatic rings. The van der Waals surface area contributed by atoms with Gasteiger partial charge in [0, 0.05) is 23.4 Å². The molecule has 1 saturated heterocycles. The van der Waals surface area contributed by atoms with Crippen LogP contribution in [0.1, 0.15) is 18.4 Å². The second-order valence-corrected chi connectivity index (χ2v) is 5.30. The molecule has 0 saturated carbocycles. The lowest BCUT2D eigenvalue weighted by Crippen LogP contribution is -2.19. The van der Waals surface area contributed by atoms with Crippen LogP contribution in [0.15, 0.2) is 23.1 Å². The number of rotatable bonds is 3. The van der Waals surface area contributed by atoms with Crippen LogP contribution < -0.4 is 5.73 Å². The van der Waals surface area contributed by atoms with Gasteiger partial charge in [0.05, 0.1) is 5.56 Å². The number of nitrogens with one attached hydrogen (secondary N) is 1. The van der Waals surface area contributed by atoms with E-state index in [-0.39, 0.29) is 11.4 Å². The molecule has 5 heteroatoms. The van der Waals surface area contributed by atoms with Crippen LogP contribution in [0, 0.1) is 11.2 Å². The van der Waals surface area contributed by atoms with Crippen molar-refractivity contribution in [1.29, 1.82) is 5.41 Å². The number of thioether (sulfide) groups is 1. The van der Waals surface area contributed by atoms with Gasteiger partial charge in [-0.1, -0.05) is 6.07 Å². The Kier molecular flexibility index (Phi) is 4.02. The fourth-order valence-corrected chi connectivity index (χ4v) is 3.11. The summed E-state index contributed by atoms with van der Waals surface area (Å²) in [5.41, 5.74) is 5.65. The molecule has 0 unspecified atom stereocenters. The maximum atomic E-state index is 13.6. The normalized spacial score (nSPS) is 17.0. The molecule has 1 heterocycles. The molecule has 92 valence electrons. The number of amidine groups is 1. The molecule has 0 spiro atoms. The quantitative estimate of drug-likeness (QED) is 0.643. The van der Waals surface area contributed by atoms with Gasteiger partial charge in [0.1, 0.15) is 11.7 Å². The number of nitrogen functional groups attached to an aromatic ring is 1. The van der Waals surface area contributed by atoms with Crippen molar-refractivity contribution < 1.29 is 9.13 Å². The van der Waals surface area contributed by atoms with Crippen LogP contribution in [0.5, 0.6) is 0 Å². The van der Waals surface area contributed by atoms with E-state index in [2.05, 4.69) is 0 Å². The Morgan fingerprint density at radius 3 is 2.76 bits per heavy atom. The van der Waals surface area contributed by atoms with Gasteiger partial charge >= 0.3 is 0 Å². The van der Waals surface area contributed by atoms with Crippen molar-refractivity contribution in [1.82, 2.24) is 0 Å². The van der Waals surface area contributed by atoms with Crippen LogP contribution in [0.25, 0.3) is 0 Å². The van der Waals surface area contributed by atoms with Gasteiger partial charge in [-0.25, -0.2) is 4.39 Å². The highest BCUT2D eigenvalue weighted by Gasteiger charge is 2.19. The van der Waals surface area contributed by atoms with Gasteiger partial charge in [0.25, 0.3) is 0 Å². The molecular weight excluding hydrogens is 239 g/mol. The zero-order valence-corrected chi connectivity index (χ0v) is 10.2. The van der Waals surface area contributed by atoms with Crippen molar-refractivity contribution in [2.45, 2.75) is 23.0 Å². The van der Waals surface area contributed by atoms with E-state index in [4.69, 9.17) is 15.9 Å². The first-order valence-corrected chi connectivity index (χ1v) is 6.44. The number of hydrogen-bond donors (Lipinski definition) is 2. The van der Waals surface area contributed by atoms with Crippen LogP contribution in [-0.4, -0.2) is 24.3 Å². The summed E-state index contributed by atoms with van der Waals surface area (Å²) in [4.78, 5) is 0.754. The second kappa shape index (κ2) is 5.51. The maximum Gasteiger partial charge on any atom is 0.135 e. The number of benzene rings is 1. The van der Waals surface area contributed by atoms with E-state index in [0.717, 1.165) is 31.0 Å². The van der Waals surface area contributed by atoms with Crippen molar-refractivity contribution >= 4 is 17.6 Å². The molecule has 3 nitrogen and oxygen atoms in total. The summed E-state index contributed by atoms with van der Waals surface area (Å²) in [6.45, 7) is 1.50. The van der Waals surface area contributed by atoms with Crippen LogP contribution in [0.2, 0.25) is 0 Å². The summed E-state index contributed by atoms with van der Waals surface area (Å²) >= 11 is 1.59. The van der Waals surface area contributed by atoms with Crippen LogP contribution >= 0.6 is 11.8 Å². The Hall–Kier alpha value is -1.07. The summed E-state index contributed by atoms with van der Waals surface area (Å²) in [5.74, 6) is -0.632. The average Bonchev–Trinajstić information content (AvgIpc) is 2.30. The highest BCUT2D eigenvalue weighted by Crippen LogP contribution is 2.32. The number of ether oxygens (including phenoxy) is 1. The summed E-state index contributed by atoms with van der Waals surface area (Å²) in [6.07, 6.45) is 1.91. The van der Waals surface area contributed by atoms with Gasteiger partial charge in [-0.15, -0.1) is 11.8 Å². The molecule has 2 rings (SSSR count). The molecule has 1 aliphatic heterocycles. The first kappa shape index (κ1) is 12.4. The molecular formula is C12H15FN2OS. The molecule has 1 aliphatic rings. The lowest BCUT2D eigenvalue weighted by atomic mass is 10.2. The molecule has 0 radical (unpaired) electrons. The second-order valence-electron chi connectivity index (χ2n) is 3.96. The highest BCUT2D eigenvalue weighted by molar-refractivity contribution is 8.00. The molecule has 1 fully saturated rings. The first-order chi connectivity index (χ1) is 8.18. The number of halogens is 1. The largest absolute Gasteiger partial charge is 0.384 e. The predicted octanol–water partition coefficient (Wildman–Crippen LogP) is 2.38. The van der Waals surface area contributed by atoms with Gasteiger partial charge in [-0.3, -0.25) is 5.41 Å². The number of nitrogens with two attached hydrogens (primary N) is 1. The molecule has 0 bridgehead atoms. The van der Waals surface area contributed by atoms with E-state index in [1.807, 2.05) is 6.07 Å². The van der Waals surface area contributed by atoms with Crippen LogP contribution in [-0.2, 0) is 4.74 Å². The minimum atomic E-state index is -0.422. The Morgan fingerprint density at radius 1 is 1.41 bits per heavy atom. The van der Waals surface area contributed by atoms with Crippen LogP contribution in [0.3, 0.4) is 0 Å². The minimum absolute atomic E-state index is 0.211. The monoisotopic (exact) mass is 254 g/mol.